The van der Waals surface area contributed by atoms with Gasteiger partial charge in [0.25, 0.3) is 0 Å². The van der Waals surface area contributed by atoms with Crippen molar-refractivity contribution in [3.8, 4) is 11.5 Å². The highest BCUT2D eigenvalue weighted by atomic mass is 19.1. The third-order valence-electron chi connectivity index (χ3n) is 3.36. The lowest BCUT2D eigenvalue weighted by atomic mass is 9.91. The molecule has 0 aliphatic heterocycles. The highest BCUT2D eigenvalue weighted by Crippen LogP contribution is 2.55. The van der Waals surface area contributed by atoms with Gasteiger partial charge in [-0.3, -0.25) is 4.79 Å². The third-order valence-corrected chi connectivity index (χ3v) is 3.36. The molecule has 0 amide bonds. The van der Waals surface area contributed by atoms with Gasteiger partial charge in [0.05, 0.1) is 20.6 Å². The van der Waals surface area contributed by atoms with Crippen molar-refractivity contribution in [1.29, 1.82) is 0 Å². The molecule has 1 aliphatic carbocycles. The zero-order chi connectivity index (χ0) is 13.3. The minimum Gasteiger partial charge on any atom is -0.493 e. The number of hydrogen-bond donors (Lipinski definition) is 1. The van der Waals surface area contributed by atoms with Gasteiger partial charge in [0.15, 0.2) is 11.5 Å². The molecule has 5 heteroatoms. The first-order valence-electron chi connectivity index (χ1n) is 5.66. The van der Waals surface area contributed by atoms with Crippen molar-refractivity contribution >= 4 is 5.97 Å². The molecule has 98 valence electrons. The van der Waals surface area contributed by atoms with Gasteiger partial charge in [0, 0.05) is 17.0 Å². The molecule has 18 heavy (non-hydrogen) atoms. The van der Waals surface area contributed by atoms with Crippen molar-refractivity contribution in [3.63, 3.8) is 0 Å². The Morgan fingerprint density at radius 2 is 2.06 bits per heavy atom. The van der Waals surface area contributed by atoms with Crippen LogP contribution in [0.3, 0.4) is 0 Å². The van der Waals surface area contributed by atoms with Gasteiger partial charge in [-0.2, -0.15) is 0 Å². The van der Waals surface area contributed by atoms with Crippen LogP contribution in [0.15, 0.2) is 12.1 Å². The summed E-state index contributed by atoms with van der Waals surface area (Å²) >= 11 is 0. The summed E-state index contributed by atoms with van der Waals surface area (Å²) in [4.78, 5) is 10.9. The number of halogens is 1. The first kappa shape index (κ1) is 12.7. The molecule has 1 fully saturated rings. The molecular formula is C13H15FO4. The largest absolute Gasteiger partial charge is 0.493 e. The number of ether oxygens (including phenoxy) is 2. The maximum atomic E-state index is 13.5. The van der Waals surface area contributed by atoms with Gasteiger partial charge in [-0.1, -0.05) is 0 Å². The summed E-state index contributed by atoms with van der Waals surface area (Å²) in [5.41, 5.74) is 0.0799. The van der Waals surface area contributed by atoms with Crippen molar-refractivity contribution < 1.29 is 23.8 Å². The quantitative estimate of drug-likeness (QED) is 0.876. The molecule has 0 unspecified atom stereocenters. The molecule has 1 aliphatic rings. The Labute approximate surface area is 104 Å². The second-order valence-electron chi connectivity index (χ2n) is 4.54. The molecule has 1 aromatic carbocycles. The number of aliphatic carboxylic acids is 1. The molecular weight excluding hydrogens is 239 g/mol. The van der Waals surface area contributed by atoms with Crippen molar-refractivity contribution in [2.24, 2.45) is 0 Å². The van der Waals surface area contributed by atoms with Crippen molar-refractivity contribution in [2.45, 2.75) is 24.7 Å². The number of carboxylic acid groups (broad SMARTS) is 1. The number of hydrogen-bond acceptors (Lipinski definition) is 3. The van der Waals surface area contributed by atoms with E-state index in [1.165, 1.54) is 26.4 Å². The average molecular weight is 254 g/mol. The van der Waals surface area contributed by atoms with E-state index in [1.807, 2.05) is 0 Å². The molecule has 0 radical (unpaired) electrons. The van der Waals surface area contributed by atoms with Crippen LogP contribution in [0.4, 0.5) is 4.39 Å². The molecule has 1 saturated carbocycles. The Morgan fingerprint density at radius 3 is 2.50 bits per heavy atom. The number of carboxylic acids is 1. The summed E-state index contributed by atoms with van der Waals surface area (Å²) in [6, 6.07) is 2.58. The summed E-state index contributed by atoms with van der Waals surface area (Å²) in [5.74, 6) is -0.612. The van der Waals surface area contributed by atoms with Crippen molar-refractivity contribution in [3.05, 3.63) is 23.5 Å². The molecule has 0 saturated heterocycles. The Kier molecular flexibility index (Phi) is 3.15. The average Bonchev–Trinajstić information content (AvgIpc) is 3.07. The van der Waals surface area contributed by atoms with Gasteiger partial charge in [-0.25, -0.2) is 4.39 Å². The number of benzene rings is 1. The maximum Gasteiger partial charge on any atom is 0.304 e. The van der Waals surface area contributed by atoms with E-state index >= 15 is 0 Å². The fourth-order valence-corrected chi connectivity index (χ4v) is 2.31. The number of rotatable bonds is 5. The predicted octanol–water partition coefficient (Wildman–Crippen LogP) is 2.35. The molecule has 0 bridgehead atoms. The lowest BCUT2D eigenvalue weighted by molar-refractivity contribution is -0.137. The lowest BCUT2D eigenvalue weighted by Gasteiger charge is -2.19. The molecule has 4 nitrogen and oxygen atoms in total. The summed E-state index contributed by atoms with van der Waals surface area (Å²) in [6.45, 7) is 0. The second kappa shape index (κ2) is 4.48. The maximum absolute atomic E-state index is 13.5. The summed E-state index contributed by atoms with van der Waals surface area (Å²) < 4.78 is 23.9. The Balaban J connectivity index is 2.49. The minimum absolute atomic E-state index is 0.0179. The van der Waals surface area contributed by atoms with Crippen LogP contribution in [0.1, 0.15) is 24.8 Å². The summed E-state index contributed by atoms with van der Waals surface area (Å²) in [5, 5.41) is 8.94. The van der Waals surface area contributed by atoms with E-state index in [1.54, 1.807) is 0 Å². The van der Waals surface area contributed by atoms with Crippen LogP contribution in [-0.4, -0.2) is 25.3 Å². The van der Waals surface area contributed by atoms with Crippen molar-refractivity contribution in [2.75, 3.05) is 14.2 Å². The first-order chi connectivity index (χ1) is 8.52. The monoisotopic (exact) mass is 254 g/mol. The van der Waals surface area contributed by atoms with Crippen LogP contribution in [0, 0.1) is 5.82 Å². The molecule has 1 aromatic rings. The van der Waals surface area contributed by atoms with Crippen LogP contribution in [-0.2, 0) is 10.2 Å². The van der Waals surface area contributed by atoms with E-state index in [-0.39, 0.29) is 6.42 Å². The lowest BCUT2D eigenvalue weighted by Crippen LogP contribution is -2.15. The highest BCUT2D eigenvalue weighted by Gasteiger charge is 2.48. The van der Waals surface area contributed by atoms with Gasteiger partial charge in [-0.05, 0) is 18.9 Å². The van der Waals surface area contributed by atoms with E-state index in [4.69, 9.17) is 14.6 Å². The molecule has 2 rings (SSSR count). The van der Waals surface area contributed by atoms with Gasteiger partial charge in [0.1, 0.15) is 5.82 Å². The summed E-state index contributed by atoms with van der Waals surface area (Å²) in [6.07, 6.45) is 1.43. The van der Waals surface area contributed by atoms with Gasteiger partial charge < -0.3 is 14.6 Å². The Bertz CT molecular complexity index is 480. The molecule has 1 N–H and O–H groups in total. The highest BCUT2D eigenvalue weighted by molar-refractivity contribution is 5.71. The molecule has 0 atom stereocenters. The zero-order valence-corrected chi connectivity index (χ0v) is 10.3. The first-order valence-corrected chi connectivity index (χ1v) is 5.66. The van der Waals surface area contributed by atoms with E-state index in [0.717, 1.165) is 12.8 Å². The van der Waals surface area contributed by atoms with Crippen LogP contribution in [0.5, 0.6) is 11.5 Å². The van der Waals surface area contributed by atoms with Crippen LogP contribution in [0.2, 0.25) is 0 Å². The molecule has 0 aromatic heterocycles. The van der Waals surface area contributed by atoms with Crippen LogP contribution >= 0.6 is 0 Å². The zero-order valence-electron chi connectivity index (χ0n) is 10.3. The second-order valence-corrected chi connectivity index (χ2v) is 4.54. The third kappa shape index (κ3) is 2.12. The SMILES string of the molecule is COc1cc(F)cc(C2(CC(=O)O)CC2)c1OC. The van der Waals surface area contributed by atoms with Gasteiger partial charge in [0.2, 0.25) is 0 Å². The van der Waals surface area contributed by atoms with E-state index < -0.39 is 17.2 Å². The molecule has 0 spiro atoms. The van der Waals surface area contributed by atoms with Gasteiger partial charge in [-0.15, -0.1) is 0 Å². The van der Waals surface area contributed by atoms with Gasteiger partial charge >= 0.3 is 5.97 Å². The van der Waals surface area contributed by atoms with Crippen molar-refractivity contribution in [1.82, 2.24) is 0 Å². The normalized spacial score (nSPS) is 16.2. The van der Waals surface area contributed by atoms with E-state index in [9.17, 15) is 9.18 Å². The van der Waals surface area contributed by atoms with Crippen LogP contribution in [0.25, 0.3) is 0 Å². The smallest absolute Gasteiger partial charge is 0.304 e. The van der Waals surface area contributed by atoms with Crippen LogP contribution < -0.4 is 9.47 Å². The fourth-order valence-electron chi connectivity index (χ4n) is 2.31. The van der Waals surface area contributed by atoms with E-state index in [2.05, 4.69) is 0 Å². The standard InChI is InChI=1S/C13H15FO4/c1-17-10-6-8(14)5-9(12(10)18-2)13(3-4-13)7-11(15)16/h5-6H,3-4,7H2,1-2H3,(H,15,16). The van der Waals surface area contributed by atoms with E-state index in [0.29, 0.717) is 17.1 Å². The predicted molar refractivity (Wildman–Crippen MR) is 62.7 cm³/mol. The topological polar surface area (TPSA) is 55.8 Å². The fraction of sp³-hybridized carbons (Fsp3) is 0.462. The molecule has 0 heterocycles. The Hall–Kier alpha value is -1.78. The number of methoxy groups -OCH3 is 2. The summed E-state index contributed by atoms with van der Waals surface area (Å²) in [7, 11) is 2.90. The minimum atomic E-state index is -0.891. The Morgan fingerprint density at radius 1 is 1.39 bits per heavy atom. The number of carbonyl (C=O) groups is 1.